The summed E-state index contributed by atoms with van der Waals surface area (Å²) in [6, 6.07) is 0. The molecule has 0 aromatic heterocycles. The van der Waals surface area contributed by atoms with E-state index in [1.165, 1.54) is 89.9 Å². The van der Waals surface area contributed by atoms with Gasteiger partial charge in [-0.15, -0.1) is 0 Å². The van der Waals surface area contributed by atoms with Crippen LogP contribution >= 0.6 is 0 Å². The Morgan fingerprint density at radius 3 is 1.39 bits per heavy atom. The number of hydrogen-bond acceptors (Lipinski definition) is 5. The molecule has 0 saturated carbocycles. The third-order valence-corrected chi connectivity index (χ3v) is 6.65. The highest BCUT2D eigenvalue weighted by Crippen LogP contribution is 2.13. The minimum absolute atomic E-state index is 0.296. The molecule has 0 aliphatic heterocycles. The molecule has 0 heterocycles. The summed E-state index contributed by atoms with van der Waals surface area (Å²) in [6.45, 7) is 9.00. The molecule has 0 saturated heterocycles. The minimum Gasteiger partial charge on any atom is -0.392 e. The van der Waals surface area contributed by atoms with Gasteiger partial charge in [0.1, 0.15) is 0 Å². The van der Waals surface area contributed by atoms with Crippen molar-refractivity contribution in [3.8, 4) is 0 Å². The van der Waals surface area contributed by atoms with Crippen molar-refractivity contribution in [3.63, 3.8) is 0 Å². The van der Waals surface area contributed by atoms with Crippen molar-refractivity contribution < 1.29 is 10.2 Å². The number of aliphatic hydroxyl groups excluding tert-OH is 2. The van der Waals surface area contributed by atoms with Crippen LogP contribution in [0.5, 0.6) is 0 Å². The van der Waals surface area contributed by atoms with Gasteiger partial charge in [0.15, 0.2) is 0 Å². The summed E-state index contributed by atoms with van der Waals surface area (Å²) in [5.74, 6) is 0. The molecule has 0 bridgehead atoms. The summed E-state index contributed by atoms with van der Waals surface area (Å²) >= 11 is 0. The highest BCUT2D eigenvalue weighted by Gasteiger charge is 2.15. The van der Waals surface area contributed by atoms with Crippen molar-refractivity contribution in [2.24, 2.45) is 5.73 Å². The fraction of sp³-hybridized carbons (Fsp3) is 1.00. The second kappa shape index (κ2) is 26.4. The lowest BCUT2D eigenvalue weighted by molar-refractivity contribution is 0.0611. The Balaban J connectivity index is 4.04. The first kappa shape index (κ1) is 32.8. The molecule has 0 amide bonds. The largest absolute Gasteiger partial charge is 0.392 e. The van der Waals surface area contributed by atoms with Gasteiger partial charge in [-0.3, -0.25) is 4.90 Å². The quantitative estimate of drug-likeness (QED) is 0.117. The monoisotopic (exact) mass is 471 g/mol. The van der Waals surface area contributed by atoms with Gasteiger partial charge < -0.3 is 21.3 Å². The molecule has 0 aliphatic rings. The van der Waals surface area contributed by atoms with Crippen LogP contribution in [0.15, 0.2) is 0 Å². The maximum Gasteiger partial charge on any atom is 0.0667 e. The van der Waals surface area contributed by atoms with Crippen LogP contribution in [0.1, 0.15) is 129 Å². The zero-order chi connectivity index (χ0) is 24.4. The number of nitrogens with zero attached hydrogens (tertiary/aromatic N) is 1. The highest BCUT2D eigenvalue weighted by molar-refractivity contribution is 4.71. The summed E-state index contributed by atoms with van der Waals surface area (Å²) in [7, 11) is 0. The Kier molecular flexibility index (Phi) is 26.2. The van der Waals surface area contributed by atoms with E-state index in [0.29, 0.717) is 19.6 Å². The Hall–Kier alpha value is -0.200. The van der Waals surface area contributed by atoms with Gasteiger partial charge in [-0.05, 0) is 12.8 Å². The van der Waals surface area contributed by atoms with Gasteiger partial charge in [-0.25, -0.2) is 0 Å². The van der Waals surface area contributed by atoms with Crippen molar-refractivity contribution in [2.75, 3.05) is 39.3 Å². The van der Waals surface area contributed by atoms with Crippen LogP contribution in [-0.2, 0) is 0 Å². The Morgan fingerprint density at radius 1 is 0.606 bits per heavy atom. The number of aliphatic hydroxyl groups is 2. The van der Waals surface area contributed by atoms with Crippen molar-refractivity contribution in [3.05, 3.63) is 0 Å². The molecule has 0 aromatic carbocycles. The zero-order valence-corrected chi connectivity index (χ0v) is 22.5. The SMILES string of the molecule is CCCCCCCCCCC(O)CN(CCNCCN)CC(O)CCCCCCCCCC. The first-order valence-electron chi connectivity index (χ1n) is 14.6. The molecule has 33 heavy (non-hydrogen) atoms. The normalized spacial score (nSPS) is 13.6. The lowest BCUT2D eigenvalue weighted by Crippen LogP contribution is -2.42. The number of nitrogens with two attached hydrogens (primary N) is 1. The number of nitrogens with one attached hydrogen (secondary N) is 1. The maximum absolute atomic E-state index is 10.6. The smallest absolute Gasteiger partial charge is 0.0667 e. The van der Waals surface area contributed by atoms with Gasteiger partial charge in [-0.1, -0.05) is 117 Å². The van der Waals surface area contributed by atoms with E-state index in [0.717, 1.165) is 45.3 Å². The van der Waals surface area contributed by atoms with Gasteiger partial charge in [0, 0.05) is 39.3 Å². The van der Waals surface area contributed by atoms with Gasteiger partial charge in [-0.2, -0.15) is 0 Å². The summed E-state index contributed by atoms with van der Waals surface area (Å²) in [5.41, 5.74) is 5.58. The molecule has 2 unspecified atom stereocenters. The van der Waals surface area contributed by atoms with E-state index in [1.54, 1.807) is 0 Å². The van der Waals surface area contributed by atoms with Gasteiger partial charge in [0.05, 0.1) is 12.2 Å². The van der Waals surface area contributed by atoms with Crippen LogP contribution in [-0.4, -0.2) is 66.6 Å². The number of rotatable bonds is 27. The molecule has 0 spiro atoms. The molecule has 5 N–H and O–H groups in total. The first-order chi connectivity index (χ1) is 16.1. The van der Waals surface area contributed by atoms with Crippen molar-refractivity contribution in [2.45, 2.75) is 142 Å². The Morgan fingerprint density at radius 2 is 1.00 bits per heavy atom. The standard InChI is InChI=1S/C28H61N3O2/c1-3-5-7-9-11-13-15-17-19-27(32)25-31(24-23-30-22-21-29)26-28(33)20-18-16-14-12-10-8-6-4-2/h27-28,30,32-33H,3-26,29H2,1-2H3. The predicted octanol–water partition coefficient (Wildman–Crippen LogP) is 5.62. The average Bonchev–Trinajstić information content (AvgIpc) is 2.80. The Labute approximate surface area is 207 Å². The van der Waals surface area contributed by atoms with Crippen molar-refractivity contribution in [1.82, 2.24) is 10.2 Å². The molecule has 0 aliphatic carbocycles. The summed E-state index contributed by atoms with van der Waals surface area (Å²) in [5, 5.41) is 24.5. The van der Waals surface area contributed by atoms with Gasteiger partial charge >= 0.3 is 0 Å². The zero-order valence-electron chi connectivity index (χ0n) is 22.5. The molecule has 5 nitrogen and oxygen atoms in total. The van der Waals surface area contributed by atoms with E-state index in [-0.39, 0.29) is 12.2 Å². The number of hydrogen-bond donors (Lipinski definition) is 4. The van der Waals surface area contributed by atoms with Crippen molar-refractivity contribution in [1.29, 1.82) is 0 Å². The summed E-state index contributed by atoms with van der Waals surface area (Å²) in [6.07, 6.45) is 21.8. The van der Waals surface area contributed by atoms with Gasteiger partial charge in [0.2, 0.25) is 0 Å². The second-order valence-corrected chi connectivity index (χ2v) is 10.1. The Bertz CT molecular complexity index is 343. The van der Waals surface area contributed by atoms with E-state index < -0.39 is 0 Å². The topological polar surface area (TPSA) is 81.8 Å². The number of unbranched alkanes of at least 4 members (excludes halogenated alkanes) is 14. The molecule has 200 valence electrons. The van der Waals surface area contributed by atoms with Crippen LogP contribution < -0.4 is 11.1 Å². The van der Waals surface area contributed by atoms with Crippen LogP contribution in [0, 0.1) is 0 Å². The summed E-state index contributed by atoms with van der Waals surface area (Å²) in [4.78, 5) is 2.24. The summed E-state index contributed by atoms with van der Waals surface area (Å²) < 4.78 is 0. The third-order valence-electron chi connectivity index (χ3n) is 6.65. The lowest BCUT2D eigenvalue weighted by Gasteiger charge is -2.27. The first-order valence-corrected chi connectivity index (χ1v) is 14.6. The van der Waals surface area contributed by atoms with E-state index >= 15 is 0 Å². The molecule has 0 aromatic rings. The molecule has 5 heteroatoms. The molecular weight excluding hydrogens is 410 g/mol. The lowest BCUT2D eigenvalue weighted by atomic mass is 10.0. The van der Waals surface area contributed by atoms with E-state index in [4.69, 9.17) is 5.73 Å². The minimum atomic E-state index is -0.296. The van der Waals surface area contributed by atoms with E-state index in [1.807, 2.05) is 0 Å². The average molecular weight is 472 g/mol. The van der Waals surface area contributed by atoms with E-state index in [2.05, 4.69) is 24.1 Å². The van der Waals surface area contributed by atoms with Crippen LogP contribution in [0.4, 0.5) is 0 Å². The highest BCUT2D eigenvalue weighted by atomic mass is 16.3. The van der Waals surface area contributed by atoms with E-state index in [9.17, 15) is 10.2 Å². The van der Waals surface area contributed by atoms with Gasteiger partial charge in [0.25, 0.3) is 0 Å². The molecule has 0 fully saturated rings. The van der Waals surface area contributed by atoms with Crippen LogP contribution in [0.3, 0.4) is 0 Å². The molecular formula is C28H61N3O2. The molecule has 0 rings (SSSR count). The molecule has 2 atom stereocenters. The second-order valence-electron chi connectivity index (χ2n) is 10.1. The maximum atomic E-state index is 10.6. The predicted molar refractivity (Wildman–Crippen MR) is 145 cm³/mol. The van der Waals surface area contributed by atoms with Crippen molar-refractivity contribution >= 4 is 0 Å². The fourth-order valence-corrected chi connectivity index (χ4v) is 4.53. The fourth-order valence-electron chi connectivity index (χ4n) is 4.53. The molecule has 0 radical (unpaired) electrons. The third kappa shape index (κ3) is 24.7. The van der Waals surface area contributed by atoms with Crippen LogP contribution in [0.2, 0.25) is 0 Å². The van der Waals surface area contributed by atoms with Crippen LogP contribution in [0.25, 0.3) is 0 Å².